The summed E-state index contributed by atoms with van der Waals surface area (Å²) in [5.74, 6) is 0. The Morgan fingerprint density at radius 1 is 1.14 bits per heavy atom. The van der Waals surface area contributed by atoms with Gasteiger partial charge in [-0.1, -0.05) is 6.08 Å². The molecule has 0 aromatic carbocycles. The highest BCUT2D eigenvalue weighted by Gasteiger charge is 1.99. The molecule has 0 aliphatic heterocycles. The molecule has 0 amide bonds. The zero-order chi connectivity index (χ0) is 11.1. The first-order valence-electron chi connectivity index (χ1n) is 2.49. The summed E-state index contributed by atoms with van der Waals surface area (Å²) in [5.41, 5.74) is 0. The number of hydrogen-bond donors (Lipinski definition) is 4. The Balaban J connectivity index is -0.000000177. The monoisotopic (exact) mass is 253 g/mol. The summed E-state index contributed by atoms with van der Waals surface area (Å²) in [6.45, 7) is 2.97. The van der Waals surface area contributed by atoms with E-state index in [1.807, 2.05) is 0 Å². The van der Waals surface area contributed by atoms with Crippen molar-refractivity contribution in [1.29, 1.82) is 0 Å². The van der Waals surface area contributed by atoms with Crippen molar-refractivity contribution in [1.82, 2.24) is 6.15 Å². The standard InChI is InChI=1S/C3H6O4S.H3N.H2O4S/c1-2-3-7-8(4,5)6;;1-5(2,3)4/h2H,1,3H2,(H,4,5,6);1H3;(H2,1,2,3,4). The summed E-state index contributed by atoms with van der Waals surface area (Å²) in [5, 5.41) is 0. The van der Waals surface area contributed by atoms with E-state index < -0.39 is 20.8 Å². The van der Waals surface area contributed by atoms with Gasteiger partial charge < -0.3 is 6.15 Å². The third kappa shape index (κ3) is 63.3. The van der Waals surface area contributed by atoms with E-state index in [4.69, 9.17) is 22.1 Å². The average molecular weight is 253 g/mol. The van der Waals surface area contributed by atoms with Crippen molar-refractivity contribution < 1.29 is 34.7 Å². The van der Waals surface area contributed by atoms with Crippen molar-refractivity contribution >= 4 is 20.8 Å². The van der Waals surface area contributed by atoms with Crippen LogP contribution in [0.3, 0.4) is 0 Å². The van der Waals surface area contributed by atoms with Gasteiger partial charge in [0.05, 0.1) is 6.61 Å². The molecular weight excluding hydrogens is 242 g/mol. The molecule has 0 aromatic rings. The van der Waals surface area contributed by atoms with Gasteiger partial charge in [0.1, 0.15) is 0 Å². The van der Waals surface area contributed by atoms with E-state index in [1.165, 1.54) is 6.08 Å². The zero-order valence-electron chi connectivity index (χ0n) is 6.90. The predicted octanol–water partition coefficient (Wildman–Crippen LogP) is -0.499. The van der Waals surface area contributed by atoms with Crippen LogP contribution in [0.15, 0.2) is 12.7 Å². The van der Waals surface area contributed by atoms with Gasteiger partial charge in [-0.25, -0.2) is 4.18 Å². The van der Waals surface area contributed by atoms with E-state index in [1.54, 1.807) is 0 Å². The summed E-state index contributed by atoms with van der Waals surface area (Å²) >= 11 is 0. The molecule has 88 valence electrons. The Morgan fingerprint density at radius 2 is 1.43 bits per heavy atom. The van der Waals surface area contributed by atoms with Gasteiger partial charge in [-0.05, 0) is 0 Å². The van der Waals surface area contributed by atoms with Crippen molar-refractivity contribution in [3.8, 4) is 0 Å². The highest BCUT2D eigenvalue weighted by molar-refractivity contribution is 7.80. The van der Waals surface area contributed by atoms with Gasteiger partial charge in [-0.3, -0.25) is 13.7 Å². The van der Waals surface area contributed by atoms with Gasteiger partial charge in [0.2, 0.25) is 0 Å². The van der Waals surface area contributed by atoms with Crippen molar-refractivity contribution in [2.24, 2.45) is 0 Å². The summed E-state index contributed by atoms with van der Waals surface area (Å²) in [7, 11) is -8.92. The highest BCUT2D eigenvalue weighted by Crippen LogP contribution is 1.83. The van der Waals surface area contributed by atoms with Crippen LogP contribution < -0.4 is 6.15 Å². The summed E-state index contributed by atoms with van der Waals surface area (Å²) in [6.07, 6.45) is 1.22. The molecule has 0 aliphatic carbocycles. The van der Waals surface area contributed by atoms with Crippen molar-refractivity contribution in [2.75, 3.05) is 6.61 Å². The van der Waals surface area contributed by atoms with Crippen LogP contribution in [0.25, 0.3) is 0 Å². The Bertz CT molecular complexity index is 320. The van der Waals surface area contributed by atoms with E-state index in [2.05, 4.69) is 10.8 Å². The molecule has 0 atom stereocenters. The highest BCUT2D eigenvalue weighted by atomic mass is 32.3. The van der Waals surface area contributed by atoms with Gasteiger partial charge in [0.25, 0.3) is 0 Å². The lowest BCUT2D eigenvalue weighted by Crippen LogP contribution is -2.02. The van der Waals surface area contributed by atoms with Crippen LogP contribution >= 0.6 is 0 Å². The molecule has 11 heteroatoms. The fourth-order valence-corrected chi connectivity index (χ4v) is 0.402. The number of hydrogen-bond acceptors (Lipinski definition) is 6. The third-order valence-electron chi connectivity index (χ3n) is 0.335. The fraction of sp³-hybridized carbons (Fsp3) is 0.333. The molecule has 0 saturated carbocycles. The quantitative estimate of drug-likeness (QED) is 0.381. The average Bonchev–Trinajstić information content (AvgIpc) is 1.77. The largest absolute Gasteiger partial charge is 0.397 e. The lowest BCUT2D eigenvalue weighted by Gasteiger charge is -1.90. The third-order valence-corrected chi connectivity index (χ3v) is 0.769. The van der Waals surface area contributed by atoms with Crippen molar-refractivity contribution in [2.45, 2.75) is 0 Å². The Morgan fingerprint density at radius 3 is 1.50 bits per heavy atom. The maximum Gasteiger partial charge on any atom is 0.397 e. The smallest absolute Gasteiger partial charge is 0.344 e. The summed E-state index contributed by atoms with van der Waals surface area (Å²) in [6, 6.07) is 0. The normalized spacial score (nSPS) is 10.5. The van der Waals surface area contributed by atoms with Gasteiger partial charge in [0.15, 0.2) is 0 Å². The number of rotatable bonds is 3. The van der Waals surface area contributed by atoms with Crippen LogP contribution in [0.1, 0.15) is 0 Å². The minimum atomic E-state index is -4.67. The zero-order valence-corrected chi connectivity index (χ0v) is 8.53. The van der Waals surface area contributed by atoms with Crippen LogP contribution in [-0.2, 0) is 25.0 Å². The second kappa shape index (κ2) is 7.81. The topological polar surface area (TPSA) is 173 Å². The van der Waals surface area contributed by atoms with Crippen LogP contribution in [-0.4, -0.2) is 37.1 Å². The Labute approximate surface area is 81.5 Å². The van der Waals surface area contributed by atoms with Crippen LogP contribution in [0.4, 0.5) is 0 Å². The molecule has 0 heterocycles. The second-order valence-electron chi connectivity index (χ2n) is 1.45. The lowest BCUT2D eigenvalue weighted by molar-refractivity contribution is 0.296. The molecule has 0 aromatic heterocycles. The summed E-state index contributed by atoms with van der Waals surface area (Å²) in [4.78, 5) is 0. The SMILES string of the molecule is C=CCOS(=O)(=O)O.N.O=S(=O)(O)O. The minimum absolute atomic E-state index is 0. The first-order valence-corrected chi connectivity index (χ1v) is 5.25. The molecule has 0 radical (unpaired) electrons. The molecule has 9 nitrogen and oxygen atoms in total. The molecule has 0 spiro atoms. The van der Waals surface area contributed by atoms with Gasteiger partial charge in [-0.2, -0.15) is 16.8 Å². The molecule has 0 bridgehead atoms. The van der Waals surface area contributed by atoms with Crippen molar-refractivity contribution in [3.05, 3.63) is 12.7 Å². The molecule has 0 saturated heterocycles. The molecule has 0 rings (SSSR count). The molecule has 14 heavy (non-hydrogen) atoms. The molecule has 0 aliphatic rings. The van der Waals surface area contributed by atoms with Crippen LogP contribution in [0, 0.1) is 0 Å². The Kier molecular flexibility index (Phi) is 10.6. The molecular formula is C3H11NO8S2. The molecule has 6 N–H and O–H groups in total. The first-order chi connectivity index (χ1) is 5.56. The summed E-state index contributed by atoms with van der Waals surface area (Å²) < 4.78 is 62.6. The van der Waals surface area contributed by atoms with E-state index in [9.17, 15) is 8.42 Å². The second-order valence-corrected chi connectivity index (χ2v) is 3.44. The maximum absolute atomic E-state index is 9.68. The van der Waals surface area contributed by atoms with Crippen LogP contribution in [0.5, 0.6) is 0 Å². The van der Waals surface area contributed by atoms with Gasteiger partial charge in [-0.15, -0.1) is 6.58 Å². The van der Waals surface area contributed by atoms with E-state index in [0.717, 1.165) is 0 Å². The molecule has 0 fully saturated rings. The van der Waals surface area contributed by atoms with Gasteiger partial charge in [0, 0.05) is 0 Å². The van der Waals surface area contributed by atoms with E-state index in [0.29, 0.717) is 0 Å². The lowest BCUT2D eigenvalue weighted by atomic mass is 10.7. The first kappa shape index (κ1) is 19.1. The van der Waals surface area contributed by atoms with Crippen molar-refractivity contribution in [3.63, 3.8) is 0 Å². The van der Waals surface area contributed by atoms with Crippen LogP contribution in [0.2, 0.25) is 0 Å². The van der Waals surface area contributed by atoms with Gasteiger partial charge >= 0.3 is 20.8 Å². The van der Waals surface area contributed by atoms with E-state index >= 15 is 0 Å². The Hall–Kier alpha value is -0.560. The fourth-order valence-electron chi connectivity index (χ4n) is 0.134. The minimum Gasteiger partial charge on any atom is -0.344 e. The van der Waals surface area contributed by atoms with E-state index in [-0.39, 0.29) is 12.8 Å². The molecule has 0 unspecified atom stereocenters. The maximum atomic E-state index is 9.68. The predicted molar refractivity (Wildman–Crippen MR) is 46.9 cm³/mol.